The van der Waals surface area contributed by atoms with Crippen LogP contribution in [0.5, 0.6) is 5.88 Å². The van der Waals surface area contributed by atoms with Crippen molar-refractivity contribution < 1.29 is 11.0 Å². The van der Waals surface area contributed by atoms with Gasteiger partial charge < -0.3 is 15.8 Å². The van der Waals surface area contributed by atoms with Gasteiger partial charge in [-0.25, -0.2) is 4.98 Å². The normalized spacial score (nSPS) is 20.7. The van der Waals surface area contributed by atoms with E-state index in [0.29, 0.717) is 17.5 Å². The van der Waals surface area contributed by atoms with Gasteiger partial charge in [-0.1, -0.05) is 6.07 Å². The van der Waals surface area contributed by atoms with Gasteiger partial charge in [-0.2, -0.15) is 0 Å². The molecule has 1 aliphatic rings. The van der Waals surface area contributed by atoms with Crippen molar-refractivity contribution in [2.24, 2.45) is 5.73 Å². The molecule has 3 rings (SSSR count). The number of aromatic nitrogens is 1. The Balaban J connectivity index is 0.00000225. The summed E-state index contributed by atoms with van der Waals surface area (Å²) in [5.41, 5.74) is 5.61. The monoisotopic (exact) mass is 347 g/mol. The van der Waals surface area contributed by atoms with Crippen molar-refractivity contribution in [2.45, 2.75) is 44.2 Å². The Labute approximate surface area is 147 Å². The van der Waals surface area contributed by atoms with Gasteiger partial charge in [0.1, 0.15) is 6.10 Å². The highest BCUT2D eigenvalue weighted by Crippen LogP contribution is 2.23. The lowest BCUT2D eigenvalue weighted by molar-refractivity contribution is 0.0999. The maximum absolute atomic E-state index is 11.0. The fourth-order valence-corrected chi connectivity index (χ4v) is 3.71. The summed E-state index contributed by atoms with van der Waals surface area (Å²) in [7, 11) is 0. The molecular weight excluding hydrogens is 322 g/mol. The number of carbonyl (C=O) groups is 1. The molecule has 2 aromatic rings. The van der Waals surface area contributed by atoms with Gasteiger partial charge in [0.2, 0.25) is 11.8 Å². The van der Waals surface area contributed by atoms with Gasteiger partial charge in [0, 0.05) is 31.2 Å². The number of thiophene rings is 1. The van der Waals surface area contributed by atoms with Crippen LogP contribution < -0.4 is 15.8 Å². The van der Waals surface area contributed by atoms with E-state index < -0.39 is 5.91 Å². The number of carbonyl (C=O) groups excluding carboxylic acids is 1. The van der Waals surface area contributed by atoms with Crippen LogP contribution in [-0.2, 0) is 6.42 Å². The van der Waals surface area contributed by atoms with Crippen LogP contribution in [0.2, 0.25) is 0 Å². The average Bonchev–Trinajstić information content (AvgIpc) is 3.10. The predicted octanol–water partition coefficient (Wildman–Crippen LogP) is 3.01. The van der Waals surface area contributed by atoms with Crippen LogP contribution in [0.25, 0.3) is 0 Å². The quantitative estimate of drug-likeness (QED) is 0.807. The minimum Gasteiger partial charge on any atom is -0.474 e. The Morgan fingerprint density at radius 1 is 1.33 bits per heavy atom. The van der Waals surface area contributed by atoms with Crippen LogP contribution >= 0.6 is 11.3 Å². The Morgan fingerprint density at radius 3 is 2.79 bits per heavy atom. The highest BCUT2D eigenvalue weighted by molar-refractivity contribution is 7.09. The minimum absolute atomic E-state index is 0. The third kappa shape index (κ3) is 4.79. The number of nitrogens with one attached hydrogen (secondary N) is 1. The van der Waals surface area contributed by atoms with Gasteiger partial charge in [0.05, 0.1) is 5.56 Å². The van der Waals surface area contributed by atoms with Gasteiger partial charge in [-0.3, -0.25) is 4.79 Å². The van der Waals surface area contributed by atoms with E-state index in [1.54, 1.807) is 12.1 Å². The van der Waals surface area contributed by atoms with Crippen LogP contribution in [0.15, 0.2) is 35.8 Å². The summed E-state index contributed by atoms with van der Waals surface area (Å²) in [5.74, 6) is 0.0947. The average molecular weight is 347 g/mol. The van der Waals surface area contributed by atoms with E-state index in [-0.39, 0.29) is 7.53 Å². The van der Waals surface area contributed by atoms with Gasteiger partial charge in [0.25, 0.3) is 0 Å². The number of ether oxygens (including phenoxy) is 1. The molecule has 24 heavy (non-hydrogen) atoms. The van der Waals surface area contributed by atoms with E-state index in [2.05, 4.69) is 27.8 Å². The highest BCUT2D eigenvalue weighted by atomic mass is 32.1. The van der Waals surface area contributed by atoms with Crippen molar-refractivity contribution >= 4 is 17.2 Å². The molecule has 5 nitrogen and oxygen atoms in total. The van der Waals surface area contributed by atoms with Crippen molar-refractivity contribution in [3.05, 3.63) is 46.3 Å². The smallest absolute Gasteiger partial charge is 0.250 e. The molecule has 1 amide bonds. The van der Waals surface area contributed by atoms with Crippen molar-refractivity contribution in [1.82, 2.24) is 10.3 Å². The first-order valence-electron chi connectivity index (χ1n) is 8.39. The number of amides is 1. The van der Waals surface area contributed by atoms with E-state index in [9.17, 15) is 4.79 Å². The third-order valence-corrected chi connectivity index (χ3v) is 5.30. The first-order valence-corrected chi connectivity index (χ1v) is 9.27. The molecule has 0 spiro atoms. The number of pyridine rings is 1. The van der Waals surface area contributed by atoms with Crippen molar-refractivity contribution in [2.75, 3.05) is 6.54 Å². The summed E-state index contributed by atoms with van der Waals surface area (Å²) >= 11 is 1.82. The number of hydrogen-bond donors (Lipinski definition) is 2. The third-order valence-electron chi connectivity index (χ3n) is 4.37. The number of hydrogen-bond acceptors (Lipinski definition) is 5. The molecule has 0 bridgehead atoms. The van der Waals surface area contributed by atoms with Gasteiger partial charge in [0.15, 0.2) is 0 Å². The second-order valence-electron chi connectivity index (χ2n) is 6.12. The molecule has 6 heteroatoms. The van der Waals surface area contributed by atoms with Crippen molar-refractivity contribution in [3.8, 4) is 5.88 Å². The summed E-state index contributed by atoms with van der Waals surface area (Å²) in [6.45, 7) is 1.03. The second kappa shape index (κ2) is 8.26. The molecule has 1 saturated carbocycles. The van der Waals surface area contributed by atoms with Crippen LogP contribution in [0.4, 0.5) is 0 Å². The fraction of sp³-hybridized carbons (Fsp3) is 0.444. The molecule has 2 aromatic heterocycles. The largest absolute Gasteiger partial charge is 0.474 e. The Kier molecular flexibility index (Phi) is 5.82. The van der Waals surface area contributed by atoms with Crippen LogP contribution in [0.3, 0.4) is 0 Å². The number of nitrogens with two attached hydrogens (primary N) is 1. The molecule has 0 saturated heterocycles. The van der Waals surface area contributed by atoms with E-state index in [1.807, 2.05) is 11.3 Å². The van der Waals surface area contributed by atoms with Crippen molar-refractivity contribution in [1.29, 1.82) is 0 Å². The molecule has 0 unspecified atom stereocenters. The predicted molar refractivity (Wildman–Crippen MR) is 97.6 cm³/mol. The number of nitrogens with zero attached hydrogens (tertiary/aromatic N) is 1. The second-order valence-corrected chi connectivity index (χ2v) is 7.16. The SMILES string of the molecule is NC(=O)c1ccc(OC2CCC(NCCc3cccs3)CC2)nc1.[HH]. The molecule has 0 radical (unpaired) electrons. The molecule has 2 heterocycles. The van der Waals surface area contributed by atoms with Gasteiger partial charge in [-0.05, 0) is 49.6 Å². The Bertz CT molecular complexity index is 641. The molecule has 0 aromatic carbocycles. The summed E-state index contributed by atoms with van der Waals surface area (Å²) in [6, 6.07) is 8.24. The minimum atomic E-state index is -0.469. The lowest BCUT2D eigenvalue weighted by Gasteiger charge is -2.29. The summed E-state index contributed by atoms with van der Waals surface area (Å²) < 4.78 is 5.91. The molecule has 3 N–H and O–H groups in total. The van der Waals surface area contributed by atoms with E-state index in [1.165, 1.54) is 11.1 Å². The molecule has 130 valence electrons. The molecular formula is C18H25N3O2S. The number of rotatable bonds is 7. The van der Waals surface area contributed by atoms with E-state index in [0.717, 1.165) is 38.6 Å². The maximum atomic E-state index is 11.0. The first kappa shape index (κ1) is 16.9. The maximum Gasteiger partial charge on any atom is 0.250 e. The van der Waals surface area contributed by atoms with Gasteiger partial charge in [-0.15, -0.1) is 11.3 Å². The molecule has 0 aliphatic heterocycles. The zero-order chi connectivity index (χ0) is 16.8. The fourth-order valence-electron chi connectivity index (χ4n) is 3.01. The molecule has 1 fully saturated rings. The van der Waals surface area contributed by atoms with Crippen LogP contribution in [0, 0.1) is 0 Å². The topological polar surface area (TPSA) is 77.2 Å². The van der Waals surface area contributed by atoms with Crippen LogP contribution in [0.1, 0.15) is 42.3 Å². The molecule has 0 atom stereocenters. The van der Waals surface area contributed by atoms with E-state index in [4.69, 9.17) is 10.5 Å². The number of primary amides is 1. The standard InChI is InChI=1S/C18H23N3O2S.H2/c19-18(22)13-3-8-17(21-12-13)23-15-6-4-14(5-7-15)20-10-9-16-2-1-11-24-16;/h1-3,8,11-12,14-15,20H,4-7,9-10H2,(H2,19,22);1H. The summed E-state index contributed by atoms with van der Waals surface area (Å²) in [5, 5.41) is 5.78. The van der Waals surface area contributed by atoms with E-state index >= 15 is 0 Å². The summed E-state index contributed by atoms with van der Waals surface area (Å²) in [4.78, 5) is 16.6. The zero-order valence-electron chi connectivity index (χ0n) is 13.6. The molecule has 1 aliphatic carbocycles. The zero-order valence-corrected chi connectivity index (χ0v) is 14.4. The van der Waals surface area contributed by atoms with Crippen LogP contribution in [-0.4, -0.2) is 29.6 Å². The lowest BCUT2D eigenvalue weighted by atomic mass is 9.93. The van der Waals surface area contributed by atoms with Crippen molar-refractivity contribution in [3.63, 3.8) is 0 Å². The highest BCUT2D eigenvalue weighted by Gasteiger charge is 2.22. The van der Waals surface area contributed by atoms with Gasteiger partial charge >= 0.3 is 0 Å². The Morgan fingerprint density at radius 2 is 2.17 bits per heavy atom. The lowest BCUT2D eigenvalue weighted by Crippen LogP contribution is -2.37. The summed E-state index contributed by atoms with van der Waals surface area (Å²) in [6.07, 6.45) is 7.06. The Hall–Kier alpha value is -1.92. The first-order chi connectivity index (χ1) is 11.7.